The number of likely N-dealkylation sites (tertiary alicyclic amines) is 1. The van der Waals surface area contributed by atoms with Gasteiger partial charge in [-0.3, -0.25) is 9.69 Å². The predicted octanol–water partition coefficient (Wildman–Crippen LogP) is 1.38. The molecule has 1 aliphatic heterocycles. The first kappa shape index (κ1) is 15.4. The third kappa shape index (κ3) is 4.58. The number of carbonyl (C=O) groups excluding carboxylic acids is 1. The molecule has 1 fully saturated rings. The fraction of sp³-hybridized carbons (Fsp3) is 0.929. The number of aliphatic hydroxyl groups excluding tert-OH is 1. The highest BCUT2D eigenvalue weighted by Gasteiger charge is 2.23. The zero-order chi connectivity index (χ0) is 13.5. The average Bonchev–Trinajstić information content (AvgIpc) is 2.74. The maximum atomic E-state index is 11.8. The molecule has 0 bridgehead atoms. The molecule has 0 spiro atoms. The SMILES string of the molecule is CCC(CC)[C@@H](O)CNC(=O)CN1CCC[C@H]1C. The summed E-state index contributed by atoms with van der Waals surface area (Å²) >= 11 is 0. The molecule has 1 amide bonds. The number of carbonyl (C=O) groups is 1. The van der Waals surface area contributed by atoms with Gasteiger partial charge in [0.05, 0.1) is 12.6 Å². The summed E-state index contributed by atoms with van der Waals surface area (Å²) in [6.07, 6.45) is 3.86. The highest BCUT2D eigenvalue weighted by Crippen LogP contribution is 2.15. The van der Waals surface area contributed by atoms with Crippen LogP contribution in [-0.2, 0) is 4.79 Å². The first-order chi connectivity index (χ1) is 8.58. The van der Waals surface area contributed by atoms with Crippen LogP contribution in [0, 0.1) is 5.92 Å². The zero-order valence-corrected chi connectivity index (χ0v) is 12.0. The maximum Gasteiger partial charge on any atom is 0.234 e. The summed E-state index contributed by atoms with van der Waals surface area (Å²) in [5, 5.41) is 12.8. The van der Waals surface area contributed by atoms with Gasteiger partial charge in [-0.05, 0) is 32.2 Å². The Morgan fingerprint density at radius 1 is 1.44 bits per heavy atom. The molecule has 4 nitrogen and oxygen atoms in total. The van der Waals surface area contributed by atoms with Crippen LogP contribution in [0.4, 0.5) is 0 Å². The Kier molecular flexibility index (Phi) is 6.65. The summed E-state index contributed by atoms with van der Waals surface area (Å²) in [5.41, 5.74) is 0. The van der Waals surface area contributed by atoms with E-state index < -0.39 is 6.10 Å². The van der Waals surface area contributed by atoms with Crippen molar-refractivity contribution in [2.75, 3.05) is 19.6 Å². The second kappa shape index (κ2) is 7.74. The molecule has 0 aromatic carbocycles. The van der Waals surface area contributed by atoms with Crippen molar-refractivity contribution in [2.45, 2.75) is 58.6 Å². The van der Waals surface area contributed by atoms with Crippen LogP contribution in [-0.4, -0.2) is 47.7 Å². The Hall–Kier alpha value is -0.610. The van der Waals surface area contributed by atoms with Gasteiger partial charge in [0.1, 0.15) is 0 Å². The van der Waals surface area contributed by atoms with Crippen molar-refractivity contribution >= 4 is 5.91 Å². The predicted molar refractivity (Wildman–Crippen MR) is 73.4 cm³/mol. The molecule has 106 valence electrons. The van der Waals surface area contributed by atoms with Crippen molar-refractivity contribution in [2.24, 2.45) is 5.92 Å². The van der Waals surface area contributed by atoms with E-state index >= 15 is 0 Å². The zero-order valence-electron chi connectivity index (χ0n) is 12.0. The summed E-state index contributed by atoms with van der Waals surface area (Å²) in [7, 11) is 0. The fourth-order valence-electron chi connectivity index (χ4n) is 2.69. The molecular weight excluding hydrogens is 228 g/mol. The van der Waals surface area contributed by atoms with Gasteiger partial charge >= 0.3 is 0 Å². The molecule has 0 aromatic heterocycles. The quantitative estimate of drug-likeness (QED) is 0.723. The van der Waals surface area contributed by atoms with E-state index in [1.165, 1.54) is 12.8 Å². The van der Waals surface area contributed by atoms with Gasteiger partial charge in [-0.15, -0.1) is 0 Å². The lowest BCUT2D eigenvalue weighted by Crippen LogP contribution is -2.42. The van der Waals surface area contributed by atoms with Gasteiger partial charge < -0.3 is 10.4 Å². The van der Waals surface area contributed by atoms with Gasteiger partial charge in [0.2, 0.25) is 5.91 Å². The van der Waals surface area contributed by atoms with Crippen LogP contribution in [0.3, 0.4) is 0 Å². The van der Waals surface area contributed by atoms with Gasteiger partial charge in [0.25, 0.3) is 0 Å². The molecule has 1 aliphatic rings. The summed E-state index contributed by atoms with van der Waals surface area (Å²) < 4.78 is 0. The van der Waals surface area contributed by atoms with Gasteiger partial charge in [0.15, 0.2) is 0 Å². The first-order valence-electron chi connectivity index (χ1n) is 7.27. The molecule has 0 aromatic rings. The summed E-state index contributed by atoms with van der Waals surface area (Å²) in [6, 6.07) is 0.514. The van der Waals surface area contributed by atoms with E-state index in [0.29, 0.717) is 19.1 Å². The number of hydrogen-bond acceptors (Lipinski definition) is 3. The Morgan fingerprint density at radius 3 is 2.61 bits per heavy atom. The van der Waals surface area contributed by atoms with E-state index in [0.717, 1.165) is 19.4 Å². The second-order valence-electron chi connectivity index (χ2n) is 5.41. The average molecular weight is 256 g/mol. The molecule has 1 rings (SSSR count). The minimum Gasteiger partial charge on any atom is -0.391 e. The molecular formula is C14H28N2O2. The molecule has 4 heteroatoms. The normalized spacial score (nSPS) is 22.4. The van der Waals surface area contributed by atoms with Crippen molar-refractivity contribution in [3.63, 3.8) is 0 Å². The molecule has 0 saturated carbocycles. The van der Waals surface area contributed by atoms with Crippen molar-refractivity contribution in [1.82, 2.24) is 10.2 Å². The molecule has 1 heterocycles. The number of nitrogens with one attached hydrogen (secondary N) is 1. The van der Waals surface area contributed by atoms with E-state index in [2.05, 4.69) is 31.0 Å². The molecule has 2 N–H and O–H groups in total. The monoisotopic (exact) mass is 256 g/mol. The van der Waals surface area contributed by atoms with Gasteiger partial charge in [-0.1, -0.05) is 26.7 Å². The van der Waals surface area contributed by atoms with Crippen molar-refractivity contribution < 1.29 is 9.90 Å². The van der Waals surface area contributed by atoms with Crippen LogP contribution < -0.4 is 5.32 Å². The Bertz CT molecular complexity index is 254. The topological polar surface area (TPSA) is 52.6 Å². The van der Waals surface area contributed by atoms with Crippen molar-refractivity contribution in [3.8, 4) is 0 Å². The Morgan fingerprint density at radius 2 is 2.11 bits per heavy atom. The molecule has 2 atom stereocenters. The highest BCUT2D eigenvalue weighted by atomic mass is 16.3. The third-order valence-electron chi connectivity index (χ3n) is 4.14. The standard InChI is InChI=1S/C14H28N2O2/c1-4-12(5-2)13(17)9-15-14(18)10-16-8-6-7-11(16)3/h11-13,17H,4-10H2,1-3H3,(H,15,18)/t11-,13+/m1/s1. The molecule has 18 heavy (non-hydrogen) atoms. The number of nitrogens with zero attached hydrogens (tertiary/aromatic N) is 1. The van der Waals surface area contributed by atoms with Gasteiger partial charge in [-0.25, -0.2) is 0 Å². The summed E-state index contributed by atoms with van der Waals surface area (Å²) in [6.45, 7) is 8.18. The highest BCUT2D eigenvalue weighted by molar-refractivity contribution is 5.78. The van der Waals surface area contributed by atoms with Gasteiger partial charge in [0, 0.05) is 12.6 Å². The van der Waals surface area contributed by atoms with Crippen LogP contribution in [0.2, 0.25) is 0 Å². The lowest BCUT2D eigenvalue weighted by atomic mass is 9.96. The Balaban J connectivity index is 2.24. The van der Waals surface area contributed by atoms with E-state index in [9.17, 15) is 9.90 Å². The number of aliphatic hydroxyl groups is 1. The lowest BCUT2D eigenvalue weighted by molar-refractivity contribution is -0.123. The number of amides is 1. The van der Waals surface area contributed by atoms with Crippen LogP contribution in [0.15, 0.2) is 0 Å². The maximum absolute atomic E-state index is 11.8. The van der Waals surface area contributed by atoms with Crippen molar-refractivity contribution in [1.29, 1.82) is 0 Å². The van der Waals surface area contributed by atoms with Crippen LogP contribution in [0.25, 0.3) is 0 Å². The number of rotatable bonds is 7. The fourth-order valence-corrected chi connectivity index (χ4v) is 2.69. The lowest BCUT2D eigenvalue weighted by Gasteiger charge is -2.23. The van der Waals surface area contributed by atoms with Crippen LogP contribution in [0.5, 0.6) is 0 Å². The summed E-state index contributed by atoms with van der Waals surface area (Å²) in [4.78, 5) is 14.0. The van der Waals surface area contributed by atoms with Crippen LogP contribution in [0.1, 0.15) is 46.5 Å². The first-order valence-corrected chi connectivity index (χ1v) is 7.27. The van der Waals surface area contributed by atoms with E-state index in [4.69, 9.17) is 0 Å². The van der Waals surface area contributed by atoms with Gasteiger partial charge in [-0.2, -0.15) is 0 Å². The van der Waals surface area contributed by atoms with Crippen molar-refractivity contribution in [3.05, 3.63) is 0 Å². The van der Waals surface area contributed by atoms with E-state index in [-0.39, 0.29) is 11.8 Å². The largest absolute Gasteiger partial charge is 0.391 e. The smallest absolute Gasteiger partial charge is 0.234 e. The molecule has 0 aliphatic carbocycles. The summed E-state index contributed by atoms with van der Waals surface area (Å²) in [5.74, 6) is 0.324. The molecule has 1 saturated heterocycles. The van der Waals surface area contributed by atoms with Crippen LogP contribution >= 0.6 is 0 Å². The van der Waals surface area contributed by atoms with E-state index in [1.54, 1.807) is 0 Å². The minimum atomic E-state index is -0.417. The number of hydrogen-bond donors (Lipinski definition) is 2. The third-order valence-corrected chi connectivity index (χ3v) is 4.14. The molecule has 0 unspecified atom stereocenters. The molecule has 0 radical (unpaired) electrons. The minimum absolute atomic E-state index is 0.0359. The van der Waals surface area contributed by atoms with E-state index in [1.807, 2.05) is 0 Å². The second-order valence-corrected chi connectivity index (χ2v) is 5.41. The Labute approximate surface area is 111 Å².